The molecular weight excluding hydrogens is 875 g/mol. The largest absolute Gasteiger partial charge is 0.396 e. The standard InChI is InChI=1S/C20H23N3O2.C19H21N3O.C18H19N3O/c1-24-17-9-6-10-18(25-2)19(17)23-20-21-13-16(14-22-20)12-11-15-7-4-3-5-8-15;23-14-16-8-10-18(11-9-16)22-19-20-12-17(13-21-19)7-6-15-4-2-1-3-5-15;22-17-10-8-16(9-11-17)21-18-19-12-15(13-20-18)7-6-14-4-2-1-3-5-14/h3-5,7-8,13-14,17-19H,6,9-10H2,1-2H3,(H,21,22,23);1-5,12-13,16,18,23H,8-11,14H2,(H,20,21,22);1-5,12-13,16-17,22H,8-11H2,(H,19,20,21)/t;;16-,17-. The highest BCUT2D eigenvalue weighted by Crippen LogP contribution is 2.27. The highest BCUT2D eigenvalue weighted by atomic mass is 16.5. The first-order valence-electron chi connectivity index (χ1n) is 24.2. The molecule has 3 aromatic heterocycles. The van der Waals surface area contributed by atoms with E-state index in [4.69, 9.17) is 9.47 Å². The van der Waals surface area contributed by atoms with Crippen LogP contribution in [0.3, 0.4) is 0 Å². The number of ether oxygens (including phenoxy) is 2. The van der Waals surface area contributed by atoms with Crippen LogP contribution in [0.15, 0.2) is 128 Å². The second kappa shape index (κ2) is 27.7. The van der Waals surface area contributed by atoms with Crippen molar-refractivity contribution in [3.63, 3.8) is 0 Å². The van der Waals surface area contributed by atoms with E-state index in [1.54, 1.807) is 51.4 Å². The molecule has 360 valence electrons. The number of rotatable bonds is 9. The van der Waals surface area contributed by atoms with Gasteiger partial charge in [0.15, 0.2) is 0 Å². The number of nitrogens with zero attached hydrogens (tertiary/aromatic N) is 6. The summed E-state index contributed by atoms with van der Waals surface area (Å²) in [7, 11) is 3.47. The van der Waals surface area contributed by atoms with E-state index in [1.165, 1.54) is 0 Å². The maximum absolute atomic E-state index is 9.51. The van der Waals surface area contributed by atoms with Crippen LogP contribution >= 0.6 is 0 Å². The second-order valence-corrected chi connectivity index (χ2v) is 17.6. The van der Waals surface area contributed by atoms with Crippen molar-refractivity contribution in [2.45, 2.75) is 107 Å². The predicted molar refractivity (Wildman–Crippen MR) is 275 cm³/mol. The third-order valence-corrected chi connectivity index (χ3v) is 12.5. The summed E-state index contributed by atoms with van der Waals surface area (Å²) < 4.78 is 11.2. The molecule has 3 aromatic carbocycles. The summed E-state index contributed by atoms with van der Waals surface area (Å²) in [5.74, 6) is 20.8. The van der Waals surface area contributed by atoms with Gasteiger partial charge in [0.2, 0.25) is 17.8 Å². The van der Waals surface area contributed by atoms with E-state index in [-0.39, 0.29) is 24.4 Å². The fourth-order valence-corrected chi connectivity index (χ4v) is 8.46. The van der Waals surface area contributed by atoms with E-state index in [9.17, 15) is 10.2 Å². The van der Waals surface area contributed by atoms with Crippen molar-refractivity contribution < 1.29 is 19.7 Å². The van der Waals surface area contributed by atoms with Crippen molar-refractivity contribution in [3.05, 3.63) is 162 Å². The molecule has 0 radical (unpaired) electrons. The molecule has 3 saturated carbocycles. The van der Waals surface area contributed by atoms with Gasteiger partial charge in [0.25, 0.3) is 0 Å². The van der Waals surface area contributed by atoms with Gasteiger partial charge in [0, 0.05) is 86.8 Å². The third-order valence-electron chi connectivity index (χ3n) is 12.5. The van der Waals surface area contributed by atoms with Gasteiger partial charge in [-0.1, -0.05) is 90.1 Å². The molecule has 13 heteroatoms. The molecule has 3 fully saturated rings. The molecule has 3 aliphatic carbocycles. The number of anilines is 3. The summed E-state index contributed by atoms with van der Waals surface area (Å²) in [6.07, 6.45) is 21.5. The van der Waals surface area contributed by atoms with Gasteiger partial charge in [-0.3, -0.25) is 0 Å². The van der Waals surface area contributed by atoms with Crippen molar-refractivity contribution in [1.29, 1.82) is 0 Å². The number of nitrogens with one attached hydrogen (secondary N) is 3. The minimum atomic E-state index is -0.144. The van der Waals surface area contributed by atoms with Gasteiger partial charge in [0.05, 0.1) is 41.0 Å². The highest BCUT2D eigenvalue weighted by molar-refractivity contribution is 5.44. The molecule has 0 saturated heterocycles. The maximum atomic E-state index is 9.51. The summed E-state index contributed by atoms with van der Waals surface area (Å²) in [4.78, 5) is 26.1. The molecule has 6 aromatic rings. The highest BCUT2D eigenvalue weighted by Gasteiger charge is 2.34. The summed E-state index contributed by atoms with van der Waals surface area (Å²) >= 11 is 0. The molecule has 3 heterocycles. The van der Waals surface area contributed by atoms with Gasteiger partial charge >= 0.3 is 0 Å². The van der Waals surface area contributed by atoms with Crippen LogP contribution in [0.5, 0.6) is 0 Å². The van der Waals surface area contributed by atoms with Crippen molar-refractivity contribution in [2.75, 3.05) is 36.8 Å². The molecule has 3 aliphatic rings. The molecule has 0 bridgehead atoms. The predicted octanol–water partition coefficient (Wildman–Crippen LogP) is 8.30. The molecular formula is C57H63N9O4. The van der Waals surface area contributed by atoms with E-state index in [0.717, 1.165) is 104 Å². The van der Waals surface area contributed by atoms with Crippen LogP contribution in [0.25, 0.3) is 0 Å². The molecule has 2 atom stereocenters. The number of benzene rings is 3. The topological polar surface area (TPSA) is 172 Å². The van der Waals surface area contributed by atoms with Crippen LogP contribution in [-0.2, 0) is 9.47 Å². The Hall–Kier alpha value is -7.18. The number of hydrogen-bond donors (Lipinski definition) is 5. The van der Waals surface area contributed by atoms with E-state index >= 15 is 0 Å². The van der Waals surface area contributed by atoms with Crippen LogP contribution in [-0.4, -0.2) is 97.4 Å². The van der Waals surface area contributed by atoms with Gasteiger partial charge in [-0.25, -0.2) is 29.9 Å². The summed E-state index contributed by atoms with van der Waals surface area (Å²) in [5.41, 5.74) is 5.32. The zero-order valence-corrected chi connectivity index (χ0v) is 40.0. The minimum absolute atomic E-state index is 0.0463. The quantitative estimate of drug-likeness (QED) is 0.0878. The lowest BCUT2D eigenvalue weighted by Gasteiger charge is -2.36. The number of hydrogen-bond acceptors (Lipinski definition) is 13. The Morgan fingerprint density at radius 3 is 1.11 bits per heavy atom. The second-order valence-electron chi connectivity index (χ2n) is 17.6. The Bertz CT molecular complexity index is 2620. The van der Waals surface area contributed by atoms with Gasteiger partial charge in [-0.05, 0) is 113 Å². The fourth-order valence-electron chi connectivity index (χ4n) is 8.46. The normalized spacial score (nSPS) is 21.3. The Labute approximate surface area is 412 Å². The van der Waals surface area contributed by atoms with E-state index < -0.39 is 0 Å². The Balaban J connectivity index is 0.000000155. The monoisotopic (exact) mass is 938 g/mol. The lowest BCUT2D eigenvalue weighted by Crippen LogP contribution is -2.48. The molecule has 9 rings (SSSR count). The lowest BCUT2D eigenvalue weighted by atomic mass is 9.87. The third kappa shape index (κ3) is 16.8. The number of aromatic nitrogens is 6. The Kier molecular flexibility index (Phi) is 20.1. The van der Waals surface area contributed by atoms with E-state index in [2.05, 4.69) is 81.4 Å². The minimum Gasteiger partial charge on any atom is -0.396 e. The fraction of sp³-hybridized carbons (Fsp3) is 0.368. The first-order valence-corrected chi connectivity index (χ1v) is 24.2. The maximum Gasteiger partial charge on any atom is 0.223 e. The summed E-state index contributed by atoms with van der Waals surface area (Å²) in [5, 5.41) is 28.7. The van der Waals surface area contributed by atoms with E-state index in [1.807, 2.05) is 91.0 Å². The Morgan fingerprint density at radius 2 is 0.771 bits per heavy atom. The molecule has 13 nitrogen and oxygen atoms in total. The lowest BCUT2D eigenvalue weighted by molar-refractivity contribution is -0.0213. The summed E-state index contributed by atoms with van der Waals surface area (Å²) in [6, 6.07) is 30.4. The molecule has 0 aliphatic heterocycles. The van der Waals surface area contributed by atoms with Crippen LogP contribution < -0.4 is 16.0 Å². The number of methoxy groups -OCH3 is 2. The molecule has 0 spiro atoms. The van der Waals surface area contributed by atoms with Crippen molar-refractivity contribution in [1.82, 2.24) is 29.9 Å². The molecule has 2 unspecified atom stereocenters. The zero-order valence-electron chi connectivity index (χ0n) is 40.0. The summed E-state index contributed by atoms with van der Waals surface area (Å²) in [6.45, 7) is 0.304. The van der Waals surface area contributed by atoms with Gasteiger partial charge < -0.3 is 35.6 Å². The van der Waals surface area contributed by atoms with Crippen LogP contribution in [0.4, 0.5) is 17.8 Å². The molecule has 70 heavy (non-hydrogen) atoms. The average Bonchev–Trinajstić information content (AvgIpc) is 3.42. The van der Waals surface area contributed by atoms with Crippen molar-refractivity contribution in [3.8, 4) is 35.5 Å². The van der Waals surface area contributed by atoms with Gasteiger partial charge in [-0.15, -0.1) is 0 Å². The van der Waals surface area contributed by atoms with Gasteiger partial charge in [-0.2, -0.15) is 0 Å². The van der Waals surface area contributed by atoms with Crippen LogP contribution in [0.2, 0.25) is 0 Å². The van der Waals surface area contributed by atoms with E-state index in [0.29, 0.717) is 42.5 Å². The average molecular weight is 938 g/mol. The van der Waals surface area contributed by atoms with Crippen molar-refractivity contribution >= 4 is 17.8 Å². The number of aliphatic hydroxyl groups is 2. The Morgan fingerprint density at radius 1 is 0.443 bits per heavy atom. The van der Waals surface area contributed by atoms with Gasteiger partial charge in [0.1, 0.15) is 0 Å². The first kappa shape index (κ1) is 50.7. The first-order chi connectivity index (χ1) is 34.4. The van der Waals surface area contributed by atoms with Crippen molar-refractivity contribution in [2.24, 2.45) is 5.92 Å². The van der Waals surface area contributed by atoms with Crippen LogP contribution in [0, 0.1) is 41.4 Å². The zero-order chi connectivity index (χ0) is 48.6. The SMILES string of the molecule is COC1CCCC(OC)C1Nc1ncc(C#Cc2ccccc2)cn1.OCC1CCC(Nc2ncc(C#Cc3ccccc3)cn2)CC1.O[C@H]1CC[C@H](Nc2ncc(C#Cc3ccccc3)cn2)CC1. The smallest absolute Gasteiger partial charge is 0.223 e. The molecule has 5 N–H and O–H groups in total. The molecule has 0 amide bonds. The van der Waals surface area contributed by atoms with Crippen LogP contribution in [0.1, 0.15) is 104 Å². The number of aliphatic hydroxyl groups excluding tert-OH is 2.